The number of rotatable bonds is 15. The minimum absolute atomic E-state index is 0.106. The fraction of sp³-hybridized carbons (Fsp3) is 0.475. The Hall–Kier alpha value is -3.07. The highest BCUT2D eigenvalue weighted by Crippen LogP contribution is 2.38. The summed E-state index contributed by atoms with van der Waals surface area (Å²) in [6, 6.07) is 31.1. The summed E-state index contributed by atoms with van der Waals surface area (Å²) in [7, 11) is -2.78. The van der Waals surface area contributed by atoms with Crippen molar-refractivity contribution in [1.29, 1.82) is 0 Å². The summed E-state index contributed by atoms with van der Waals surface area (Å²) >= 11 is 0. The van der Waals surface area contributed by atoms with Crippen LogP contribution < -0.4 is 10.4 Å². The third kappa shape index (κ3) is 9.97. The molecule has 254 valence electrons. The molecule has 0 amide bonds. The largest absolute Gasteiger partial charge is 0.456 e. The molecule has 0 bridgehead atoms. The fourth-order valence-electron chi connectivity index (χ4n) is 6.35. The molecule has 1 heterocycles. The van der Waals surface area contributed by atoms with Crippen LogP contribution in [0.2, 0.25) is 5.04 Å². The molecule has 47 heavy (non-hydrogen) atoms. The summed E-state index contributed by atoms with van der Waals surface area (Å²) in [6.07, 6.45) is 2.58. The normalized spacial score (nSPS) is 19.1. The van der Waals surface area contributed by atoms with Gasteiger partial charge in [0.15, 0.2) is 5.79 Å². The number of esters is 1. The molecular formula is C40H54O6Si. The molecule has 1 saturated heterocycles. The summed E-state index contributed by atoms with van der Waals surface area (Å²) in [5.41, 5.74) is 1.95. The van der Waals surface area contributed by atoms with Gasteiger partial charge >= 0.3 is 5.97 Å². The Kier molecular flexibility index (Phi) is 12.8. The highest BCUT2D eigenvalue weighted by molar-refractivity contribution is 6.99. The lowest BCUT2D eigenvalue weighted by Gasteiger charge is -2.43. The zero-order valence-corrected chi connectivity index (χ0v) is 30.5. The molecule has 7 heteroatoms. The van der Waals surface area contributed by atoms with Gasteiger partial charge in [0, 0.05) is 0 Å². The van der Waals surface area contributed by atoms with E-state index in [0.717, 1.165) is 17.6 Å². The van der Waals surface area contributed by atoms with Gasteiger partial charge < -0.3 is 23.4 Å². The minimum Gasteiger partial charge on any atom is -0.456 e. The molecule has 0 aliphatic carbocycles. The fourth-order valence-corrected chi connectivity index (χ4v) is 10.9. The van der Waals surface area contributed by atoms with Gasteiger partial charge in [0.1, 0.15) is 24.9 Å². The average Bonchev–Trinajstić information content (AvgIpc) is 3.32. The van der Waals surface area contributed by atoms with Crippen LogP contribution in [0.1, 0.15) is 73.8 Å². The molecule has 1 aliphatic heterocycles. The highest BCUT2D eigenvalue weighted by Gasteiger charge is 2.51. The van der Waals surface area contributed by atoms with Crippen molar-refractivity contribution in [3.8, 4) is 0 Å². The Labute approximate surface area is 283 Å². The Morgan fingerprint density at radius 1 is 0.872 bits per heavy atom. The van der Waals surface area contributed by atoms with E-state index in [-0.39, 0.29) is 29.8 Å². The maximum Gasteiger partial charge on any atom is 0.332 e. The first-order valence-electron chi connectivity index (χ1n) is 16.9. The molecule has 3 aromatic rings. The molecule has 0 N–H and O–H groups in total. The number of hydrogen-bond acceptors (Lipinski definition) is 6. The summed E-state index contributed by atoms with van der Waals surface area (Å²) in [5, 5.41) is 2.27. The van der Waals surface area contributed by atoms with Crippen LogP contribution in [0.4, 0.5) is 0 Å². The van der Waals surface area contributed by atoms with E-state index >= 15 is 0 Å². The van der Waals surface area contributed by atoms with E-state index in [4.69, 9.17) is 23.4 Å². The van der Waals surface area contributed by atoms with Crippen LogP contribution in [0.3, 0.4) is 0 Å². The lowest BCUT2D eigenvalue weighted by molar-refractivity contribution is -0.153. The predicted molar refractivity (Wildman–Crippen MR) is 191 cm³/mol. The molecule has 3 atom stereocenters. The van der Waals surface area contributed by atoms with Crippen LogP contribution in [-0.4, -0.2) is 51.6 Å². The molecule has 0 radical (unpaired) electrons. The number of carbonyl (C=O) groups is 1. The highest BCUT2D eigenvalue weighted by atomic mass is 28.4. The number of benzene rings is 3. The third-order valence-corrected chi connectivity index (χ3v) is 13.7. The zero-order valence-electron chi connectivity index (χ0n) is 29.5. The SMILES string of the molecule is C/C(=C\[C@@H]1OC(C)(C)O[C@@H]1CO[Si](c1ccccc1)(c1ccccc1)C(C)(C)C)[C@H](CCC(C)C)OC(=O)COCc1ccccc1. The predicted octanol–water partition coefficient (Wildman–Crippen LogP) is 7.59. The van der Waals surface area contributed by atoms with Gasteiger partial charge in [-0.2, -0.15) is 0 Å². The van der Waals surface area contributed by atoms with E-state index in [0.29, 0.717) is 25.6 Å². The Morgan fingerprint density at radius 2 is 1.43 bits per heavy atom. The van der Waals surface area contributed by atoms with Gasteiger partial charge in [-0.15, -0.1) is 0 Å². The zero-order chi connectivity index (χ0) is 34.1. The van der Waals surface area contributed by atoms with Gasteiger partial charge in [-0.25, -0.2) is 4.79 Å². The van der Waals surface area contributed by atoms with Gasteiger partial charge in [-0.05, 0) is 66.1 Å². The molecule has 1 fully saturated rings. The van der Waals surface area contributed by atoms with E-state index in [1.54, 1.807) is 0 Å². The van der Waals surface area contributed by atoms with Crippen LogP contribution in [0.15, 0.2) is 103 Å². The molecule has 1 aliphatic rings. The molecule has 4 rings (SSSR count). The second-order valence-corrected chi connectivity index (χ2v) is 18.8. The lowest BCUT2D eigenvalue weighted by Crippen LogP contribution is -2.67. The first-order chi connectivity index (χ1) is 22.3. The van der Waals surface area contributed by atoms with Crippen LogP contribution in [0.5, 0.6) is 0 Å². The number of hydrogen-bond donors (Lipinski definition) is 0. The molecule has 0 aromatic heterocycles. The van der Waals surface area contributed by atoms with Crippen LogP contribution in [-0.2, 0) is 34.8 Å². The quantitative estimate of drug-likeness (QED) is 0.0953. The van der Waals surface area contributed by atoms with Gasteiger partial charge in [-0.1, -0.05) is 132 Å². The van der Waals surface area contributed by atoms with Gasteiger partial charge in [0.25, 0.3) is 8.32 Å². The van der Waals surface area contributed by atoms with Crippen LogP contribution >= 0.6 is 0 Å². The smallest absolute Gasteiger partial charge is 0.332 e. The molecule has 0 unspecified atom stereocenters. The monoisotopic (exact) mass is 658 g/mol. The van der Waals surface area contributed by atoms with Crippen molar-refractivity contribution in [2.24, 2.45) is 5.92 Å². The molecule has 3 aromatic carbocycles. The third-order valence-electron chi connectivity index (χ3n) is 8.65. The van der Waals surface area contributed by atoms with Crippen molar-refractivity contribution in [2.45, 2.75) is 104 Å². The molecule has 0 spiro atoms. The number of carbonyl (C=O) groups excluding carboxylic acids is 1. The van der Waals surface area contributed by atoms with Crippen molar-refractivity contribution in [2.75, 3.05) is 13.2 Å². The summed E-state index contributed by atoms with van der Waals surface area (Å²) in [4.78, 5) is 12.9. The van der Waals surface area contributed by atoms with Gasteiger partial charge in [0.2, 0.25) is 0 Å². The Bertz CT molecular complexity index is 1380. The van der Waals surface area contributed by atoms with Gasteiger partial charge in [-0.3, -0.25) is 0 Å². The first-order valence-corrected chi connectivity index (χ1v) is 18.8. The van der Waals surface area contributed by atoms with Crippen molar-refractivity contribution < 1.29 is 28.2 Å². The molecular weight excluding hydrogens is 605 g/mol. The maximum absolute atomic E-state index is 12.9. The van der Waals surface area contributed by atoms with Crippen LogP contribution in [0.25, 0.3) is 0 Å². The van der Waals surface area contributed by atoms with E-state index < -0.39 is 20.2 Å². The average molecular weight is 659 g/mol. The Balaban J connectivity index is 1.55. The maximum atomic E-state index is 12.9. The summed E-state index contributed by atoms with van der Waals surface area (Å²) < 4.78 is 31.9. The van der Waals surface area contributed by atoms with E-state index in [9.17, 15) is 4.79 Å². The molecule has 0 saturated carbocycles. The second kappa shape index (κ2) is 16.4. The van der Waals surface area contributed by atoms with Crippen molar-refractivity contribution in [3.05, 3.63) is 108 Å². The van der Waals surface area contributed by atoms with E-state index in [2.05, 4.69) is 89.2 Å². The van der Waals surface area contributed by atoms with E-state index in [1.165, 1.54) is 10.4 Å². The first kappa shape index (κ1) is 36.8. The second-order valence-electron chi connectivity index (χ2n) is 14.5. The van der Waals surface area contributed by atoms with E-state index in [1.807, 2.05) is 63.2 Å². The van der Waals surface area contributed by atoms with Crippen molar-refractivity contribution in [3.63, 3.8) is 0 Å². The minimum atomic E-state index is -2.78. The standard InChI is InChI=1S/C40H54O6Si/c1-30(2)24-25-35(44-38(41)29-42-27-32-18-12-9-13-19-32)31(3)26-36-37(46-40(7,8)45-36)28-43-47(39(4,5)6,33-20-14-10-15-21-33)34-22-16-11-17-23-34/h9-23,26,30,35-37H,24-25,27-29H2,1-8H3/b31-26+/t35-,36-,37+/m0/s1. The molecule has 6 nitrogen and oxygen atoms in total. The summed E-state index contributed by atoms with van der Waals surface area (Å²) in [5.74, 6) is -0.704. The Morgan fingerprint density at radius 3 is 1.96 bits per heavy atom. The van der Waals surface area contributed by atoms with Crippen molar-refractivity contribution >= 4 is 24.7 Å². The van der Waals surface area contributed by atoms with Crippen molar-refractivity contribution in [1.82, 2.24) is 0 Å². The lowest BCUT2D eigenvalue weighted by atomic mass is 9.99. The topological polar surface area (TPSA) is 63.2 Å². The number of ether oxygens (including phenoxy) is 4. The van der Waals surface area contributed by atoms with Crippen LogP contribution in [0, 0.1) is 5.92 Å². The van der Waals surface area contributed by atoms with Gasteiger partial charge in [0.05, 0.1) is 13.2 Å². The summed E-state index contributed by atoms with van der Waals surface area (Å²) in [6.45, 7) is 17.7.